The summed E-state index contributed by atoms with van der Waals surface area (Å²) in [6.07, 6.45) is -3.88. The Kier molecular flexibility index (Phi) is 4.44. The standard InChI is InChI=1S/C13H16F3NO2/c14-13(15,16)10-3-1-9(2-4-10)5-11-8-19-12(7-18)6-17-11/h1-4,11-12,17-18H,5-8H2/t11-,12+/m0/s1. The maximum Gasteiger partial charge on any atom is 0.416 e. The Morgan fingerprint density at radius 1 is 1.26 bits per heavy atom. The van der Waals surface area contributed by atoms with Gasteiger partial charge in [-0.05, 0) is 24.1 Å². The Hall–Kier alpha value is -1.11. The lowest BCUT2D eigenvalue weighted by Gasteiger charge is -2.29. The van der Waals surface area contributed by atoms with Gasteiger partial charge in [-0.15, -0.1) is 0 Å². The Bertz CT molecular complexity index is 397. The van der Waals surface area contributed by atoms with Gasteiger partial charge in [0.15, 0.2) is 0 Å². The van der Waals surface area contributed by atoms with Crippen LogP contribution in [0, 0.1) is 0 Å². The van der Waals surface area contributed by atoms with Crippen molar-refractivity contribution < 1.29 is 23.0 Å². The molecular formula is C13H16F3NO2. The van der Waals surface area contributed by atoms with E-state index in [9.17, 15) is 13.2 Å². The molecule has 2 rings (SSSR count). The van der Waals surface area contributed by atoms with Crippen molar-refractivity contribution in [3.63, 3.8) is 0 Å². The number of aliphatic hydroxyl groups is 1. The number of rotatable bonds is 3. The molecule has 19 heavy (non-hydrogen) atoms. The van der Waals surface area contributed by atoms with Crippen molar-refractivity contribution in [1.29, 1.82) is 0 Å². The molecule has 2 atom stereocenters. The lowest BCUT2D eigenvalue weighted by atomic mass is 10.0. The first-order valence-electron chi connectivity index (χ1n) is 6.11. The van der Waals surface area contributed by atoms with E-state index in [0.717, 1.165) is 17.7 Å². The molecule has 3 nitrogen and oxygen atoms in total. The second kappa shape index (κ2) is 5.90. The minimum absolute atomic E-state index is 0.0278. The van der Waals surface area contributed by atoms with Crippen LogP contribution < -0.4 is 5.32 Å². The normalized spacial score (nSPS) is 24.4. The Labute approximate surface area is 109 Å². The fourth-order valence-corrected chi connectivity index (χ4v) is 2.03. The molecule has 0 amide bonds. The number of hydrogen-bond acceptors (Lipinski definition) is 3. The number of benzene rings is 1. The van der Waals surface area contributed by atoms with Gasteiger partial charge >= 0.3 is 6.18 Å². The molecular weight excluding hydrogens is 259 g/mol. The van der Waals surface area contributed by atoms with Gasteiger partial charge in [-0.2, -0.15) is 13.2 Å². The molecule has 0 saturated carbocycles. The molecule has 2 N–H and O–H groups in total. The molecule has 0 bridgehead atoms. The van der Waals surface area contributed by atoms with Crippen LogP contribution in [-0.4, -0.2) is 37.0 Å². The predicted molar refractivity (Wildman–Crippen MR) is 63.8 cm³/mol. The van der Waals surface area contributed by atoms with E-state index in [1.54, 1.807) is 0 Å². The van der Waals surface area contributed by atoms with Crippen molar-refractivity contribution >= 4 is 0 Å². The third-order valence-electron chi connectivity index (χ3n) is 3.13. The van der Waals surface area contributed by atoms with E-state index in [1.165, 1.54) is 12.1 Å². The number of aliphatic hydroxyl groups excluding tert-OH is 1. The summed E-state index contributed by atoms with van der Waals surface area (Å²) in [5, 5.41) is 12.1. The highest BCUT2D eigenvalue weighted by Gasteiger charge is 2.30. The van der Waals surface area contributed by atoms with Crippen LogP contribution in [0.4, 0.5) is 13.2 Å². The fourth-order valence-electron chi connectivity index (χ4n) is 2.03. The van der Waals surface area contributed by atoms with Gasteiger partial charge in [0.05, 0.1) is 24.9 Å². The minimum Gasteiger partial charge on any atom is -0.394 e. The SMILES string of the molecule is OC[C@H]1CN[C@@H](Cc2ccc(C(F)(F)F)cc2)CO1. The monoisotopic (exact) mass is 275 g/mol. The van der Waals surface area contributed by atoms with Crippen LogP contribution in [0.25, 0.3) is 0 Å². The van der Waals surface area contributed by atoms with E-state index in [2.05, 4.69) is 5.32 Å². The first-order chi connectivity index (χ1) is 8.99. The predicted octanol–water partition coefficient (Wildman–Crippen LogP) is 1.60. The highest BCUT2D eigenvalue weighted by Crippen LogP contribution is 2.29. The molecule has 1 aliphatic rings. The lowest BCUT2D eigenvalue weighted by molar-refractivity contribution is -0.137. The van der Waals surface area contributed by atoms with E-state index < -0.39 is 11.7 Å². The summed E-state index contributed by atoms with van der Waals surface area (Å²) in [7, 11) is 0. The van der Waals surface area contributed by atoms with Crippen LogP contribution in [0.3, 0.4) is 0 Å². The second-order valence-corrected chi connectivity index (χ2v) is 4.64. The third kappa shape index (κ3) is 3.92. The molecule has 0 unspecified atom stereocenters. The van der Waals surface area contributed by atoms with Crippen molar-refractivity contribution in [1.82, 2.24) is 5.32 Å². The number of halogens is 3. The zero-order chi connectivity index (χ0) is 13.9. The summed E-state index contributed by atoms with van der Waals surface area (Å²) in [6.45, 7) is 0.980. The summed E-state index contributed by atoms with van der Waals surface area (Å²) < 4.78 is 42.6. The Balaban J connectivity index is 1.90. The van der Waals surface area contributed by atoms with Gasteiger partial charge in [-0.1, -0.05) is 12.1 Å². The molecule has 6 heteroatoms. The molecule has 1 fully saturated rings. The highest BCUT2D eigenvalue weighted by atomic mass is 19.4. The van der Waals surface area contributed by atoms with Gasteiger partial charge in [0.2, 0.25) is 0 Å². The maximum absolute atomic E-state index is 12.4. The van der Waals surface area contributed by atoms with Gasteiger partial charge in [0.1, 0.15) is 0 Å². The number of alkyl halides is 3. The van der Waals surface area contributed by atoms with Crippen LogP contribution in [-0.2, 0) is 17.3 Å². The fraction of sp³-hybridized carbons (Fsp3) is 0.538. The van der Waals surface area contributed by atoms with Crippen molar-refractivity contribution in [2.75, 3.05) is 19.8 Å². The topological polar surface area (TPSA) is 41.5 Å². The quantitative estimate of drug-likeness (QED) is 0.880. The van der Waals surface area contributed by atoms with Crippen molar-refractivity contribution in [2.24, 2.45) is 0 Å². The van der Waals surface area contributed by atoms with E-state index in [1.807, 2.05) is 0 Å². The molecule has 1 aromatic carbocycles. The molecule has 1 aromatic rings. The first-order valence-corrected chi connectivity index (χ1v) is 6.11. The van der Waals surface area contributed by atoms with Gasteiger partial charge in [0, 0.05) is 12.6 Å². The summed E-state index contributed by atoms with van der Waals surface area (Å²) in [5.41, 5.74) is 0.195. The first kappa shape index (κ1) is 14.3. The average molecular weight is 275 g/mol. The van der Waals surface area contributed by atoms with Crippen molar-refractivity contribution in [3.8, 4) is 0 Å². The highest BCUT2D eigenvalue weighted by molar-refractivity contribution is 5.25. The van der Waals surface area contributed by atoms with E-state index >= 15 is 0 Å². The maximum atomic E-state index is 12.4. The van der Waals surface area contributed by atoms with Crippen LogP contribution >= 0.6 is 0 Å². The molecule has 0 aromatic heterocycles. The van der Waals surface area contributed by atoms with Gasteiger partial charge < -0.3 is 15.2 Å². The summed E-state index contributed by atoms with van der Waals surface area (Å²) >= 11 is 0. The molecule has 0 radical (unpaired) electrons. The Morgan fingerprint density at radius 3 is 2.42 bits per heavy atom. The lowest BCUT2D eigenvalue weighted by Crippen LogP contribution is -2.48. The minimum atomic E-state index is -4.29. The molecule has 0 aliphatic carbocycles. The molecule has 106 valence electrons. The zero-order valence-electron chi connectivity index (χ0n) is 10.3. The molecule has 1 aliphatic heterocycles. The summed E-state index contributed by atoms with van der Waals surface area (Å²) in [4.78, 5) is 0. The third-order valence-corrected chi connectivity index (χ3v) is 3.13. The zero-order valence-corrected chi connectivity index (χ0v) is 10.3. The summed E-state index contributed by atoms with van der Waals surface area (Å²) in [5.74, 6) is 0. The molecule has 1 heterocycles. The van der Waals surface area contributed by atoms with Gasteiger partial charge in [0.25, 0.3) is 0 Å². The van der Waals surface area contributed by atoms with Gasteiger partial charge in [-0.3, -0.25) is 0 Å². The number of ether oxygens (including phenoxy) is 1. The van der Waals surface area contributed by atoms with Crippen LogP contribution in [0.15, 0.2) is 24.3 Å². The molecule has 1 saturated heterocycles. The Morgan fingerprint density at radius 2 is 1.95 bits per heavy atom. The number of morpholine rings is 1. The van der Waals surface area contributed by atoms with Crippen LogP contribution in [0.2, 0.25) is 0 Å². The van der Waals surface area contributed by atoms with Crippen molar-refractivity contribution in [2.45, 2.75) is 24.7 Å². The largest absolute Gasteiger partial charge is 0.416 e. The smallest absolute Gasteiger partial charge is 0.394 e. The average Bonchev–Trinajstić information content (AvgIpc) is 2.39. The van der Waals surface area contributed by atoms with E-state index in [-0.39, 0.29) is 18.8 Å². The second-order valence-electron chi connectivity index (χ2n) is 4.64. The van der Waals surface area contributed by atoms with Gasteiger partial charge in [-0.25, -0.2) is 0 Å². The van der Waals surface area contributed by atoms with Crippen LogP contribution in [0.1, 0.15) is 11.1 Å². The summed E-state index contributed by atoms with van der Waals surface area (Å²) in [6, 6.07) is 5.23. The van der Waals surface area contributed by atoms with Crippen LogP contribution in [0.5, 0.6) is 0 Å². The van der Waals surface area contributed by atoms with Crippen molar-refractivity contribution in [3.05, 3.63) is 35.4 Å². The number of nitrogens with one attached hydrogen (secondary N) is 1. The molecule has 0 spiro atoms. The van der Waals surface area contributed by atoms with E-state index in [4.69, 9.17) is 9.84 Å². The number of hydrogen-bond donors (Lipinski definition) is 2. The van der Waals surface area contributed by atoms with E-state index in [0.29, 0.717) is 19.6 Å².